The van der Waals surface area contributed by atoms with Crippen molar-refractivity contribution in [1.82, 2.24) is 4.90 Å². The summed E-state index contributed by atoms with van der Waals surface area (Å²) in [5, 5.41) is 30.8. The first-order chi connectivity index (χ1) is 9.67. The van der Waals surface area contributed by atoms with Crippen molar-refractivity contribution in [3.8, 4) is 0 Å². The molecule has 0 spiro atoms. The van der Waals surface area contributed by atoms with E-state index in [1.54, 1.807) is 0 Å². The molecular weight excluding hydrogens is 276 g/mol. The third kappa shape index (κ3) is 4.12. The lowest BCUT2D eigenvalue weighted by Gasteiger charge is -2.42. The Bertz CT molecular complexity index is 370. The summed E-state index contributed by atoms with van der Waals surface area (Å²) in [6.07, 6.45) is 0.0492. The molecule has 1 saturated carbocycles. The van der Waals surface area contributed by atoms with Gasteiger partial charge in [0.1, 0.15) is 6.10 Å². The minimum Gasteiger partial charge on any atom is -0.386 e. The highest BCUT2D eigenvalue weighted by atomic mass is 16.6. The lowest BCUT2D eigenvalue weighted by molar-refractivity contribution is -0.493. The minimum atomic E-state index is -0.957. The first-order valence-electron chi connectivity index (χ1n) is 7.57. The molecule has 0 aromatic carbocycles. The van der Waals surface area contributed by atoms with E-state index in [2.05, 4.69) is 0 Å². The van der Waals surface area contributed by atoms with Crippen molar-refractivity contribution >= 4 is 0 Å². The molecule has 2 fully saturated rings. The summed E-state index contributed by atoms with van der Waals surface area (Å²) >= 11 is 0. The van der Waals surface area contributed by atoms with Crippen LogP contribution in [-0.4, -0.2) is 57.8 Å². The van der Waals surface area contributed by atoms with Crippen molar-refractivity contribution in [2.24, 2.45) is 17.8 Å². The second kappa shape index (κ2) is 6.16. The van der Waals surface area contributed by atoms with E-state index in [1.807, 2.05) is 25.7 Å². The van der Waals surface area contributed by atoms with Crippen molar-refractivity contribution in [1.29, 1.82) is 0 Å². The van der Waals surface area contributed by atoms with Gasteiger partial charge in [-0.15, -0.1) is 0 Å². The van der Waals surface area contributed by atoms with Crippen LogP contribution in [0.3, 0.4) is 0 Å². The number of fused-ring (bicyclic) bond motifs is 2. The summed E-state index contributed by atoms with van der Waals surface area (Å²) in [5.41, 5.74) is -0.430. The zero-order valence-electron chi connectivity index (χ0n) is 12.9. The number of ether oxygens (including phenoxy) is 1. The van der Waals surface area contributed by atoms with Crippen molar-refractivity contribution in [2.75, 3.05) is 19.6 Å². The topological polar surface area (TPSA) is 96.1 Å². The smallest absolute Gasteiger partial charge is 0.229 e. The largest absolute Gasteiger partial charge is 0.386 e. The fourth-order valence-electron chi connectivity index (χ4n) is 3.77. The third-order valence-corrected chi connectivity index (χ3v) is 4.49. The normalized spacial score (nSPS) is 32.9. The minimum absolute atomic E-state index is 0.0338. The Balaban J connectivity index is 1.96. The average Bonchev–Trinajstić information content (AvgIpc) is 2.57. The number of rotatable bonds is 5. The summed E-state index contributed by atoms with van der Waals surface area (Å²) < 4.78 is 5.57. The van der Waals surface area contributed by atoms with Crippen molar-refractivity contribution in [2.45, 2.75) is 51.7 Å². The lowest BCUT2D eigenvalue weighted by atomic mass is 9.81. The van der Waals surface area contributed by atoms with Crippen LogP contribution in [0, 0.1) is 27.9 Å². The number of nitrogens with zero attached hydrogens (tertiary/aromatic N) is 2. The van der Waals surface area contributed by atoms with Gasteiger partial charge in [0, 0.05) is 18.0 Å². The highest BCUT2D eigenvalue weighted by Crippen LogP contribution is 2.44. The second-order valence-corrected chi connectivity index (χ2v) is 7.27. The number of hydrogen-bond donors (Lipinski definition) is 2. The van der Waals surface area contributed by atoms with E-state index < -0.39 is 29.6 Å². The van der Waals surface area contributed by atoms with Crippen LogP contribution >= 0.6 is 0 Å². The number of aliphatic hydroxyl groups is 2. The number of piperidine rings is 1. The summed E-state index contributed by atoms with van der Waals surface area (Å²) in [5.74, 6) is 0.349. The highest BCUT2D eigenvalue weighted by molar-refractivity contribution is 4.95. The molecule has 3 unspecified atom stereocenters. The predicted molar refractivity (Wildman–Crippen MR) is 76.0 cm³/mol. The molecule has 21 heavy (non-hydrogen) atoms. The molecule has 2 N–H and O–H groups in total. The van der Waals surface area contributed by atoms with Gasteiger partial charge in [0.2, 0.25) is 13.0 Å². The Morgan fingerprint density at radius 1 is 1.29 bits per heavy atom. The average molecular weight is 302 g/mol. The van der Waals surface area contributed by atoms with Gasteiger partial charge >= 0.3 is 0 Å². The maximum absolute atomic E-state index is 10.6. The Morgan fingerprint density at radius 3 is 2.24 bits per heavy atom. The molecule has 7 nitrogen and oxygen atoms in total. The maximum Gasteiger partial charge on any atom is 0.229 e. The van der Waals surface area contributed by atoms with Gasteiger partial charge in [-0.05, 0) is 51.4 Å². The quantitative estimate of drug-likeness (QED) is 0.440. The van der Waals surface area contributed by atoms with E-state index in [0.29, 0.717) is 13.1 Å². The SMILES string of the molecule is CC(C)(C)OC(O)N1CC2CC[C@H](C1)C2[C@H](O)C[N+](=O)[O-]. The van der Waals surface area contributed by atoms with Gasteiger partial charge in [0.25, 0.3) is 0 Å². The molecule has 0 aromatic heterocycles. The van der Waals surface area contributed by atoms with Crippen LogP contribution in [0.15, 0.2) is 0 Å². The van der Waals surface area contributed by atoms with Gasteiger partial charge in [-0.25, -0.2) is 0 Å². The van der Waals surface area contributed by atoms with Crippen molar-refractivity contribution in [3.63, 3.8) is 0 Å². The number of aliphatic hydroxyl groups excluding tert-OH is 2. The molecule has 0 amide bonds. The van der Waals surface area contributed by atoms with E-state index in [1.165, 1.54) is 0 Å². The summed E-state index contributed by atoms with van der Waals surface area (Å²) in [7, 11) is 0. The predicted octanol–water partition coefficient (Wildman–Crippen LogP) is 0.673. The fourth-order valence-corrected chi connectivity index (χ4v) is 3.77. The first kappa shape index (κ1) is 16.6. The van der Waals surface area contributed by atoms with E-state index in [9.17, 15) is 20.3 Å². The second-order valence-electron chi connectivity index (χ2n) is 7.27. The first-order valence-corrected chi connectivity index (χ1v) is 7.57. The molecule has 2 aliphatic rings. The van der Waals surface area contributed by atoms with Crippen LogP contribution in [0.1, 0.15) is 33.6 Å². The van der Waals surface area contributed by atoms with Crippen LogP contribution in [0.25, 0.3) is 0 Å². The standard InChI is InChI=1S/C14H26N2O5/c1-14(2,3)21-13(18)15-6-9-4-5-10(7-15)12(9)11(17)8-16(19)20/h9-13,17-18H,4-8H2,1-3H3/t9-,10?,11-,12?,13?/m1/s1. The molecular formula is C14H26N2O5. The highest BCUT2D eigenvalue weighted by Gasteiger charge is 2.48. The Hall–Kier alpha value is -0.760. The van der Waals surface area contributed by atoms with E-state index >= 15 is 0 Å². The Kier molecular flexibility index (Phi) is 4.87. The van der Waals surface area contributed by atoms with Gasteiger partial charge in [0.15, 0.2) is 0 Å². The van der Waals surface area contributed by atoms with E-state index in [0.717, 1.165) is 12.8 Å². The molecule has 1 heterocycles. The zero-order chi connectivity index (χ0) is 15.8. The maximum atomic E-state index is 10.6. The molecule has 0 aromatic rings. The van der Waals surface area contributed by atoms with Crippen LogP contribution in [0.5, 0.6) is 0 Å². The summed E-state index contributed by atoms with van der Waals surface area (Å²) in [6.45, 7) is 6.51. The molecule has 1 aliphatic carbocycles. The van der Waals surface area contributed by atoms with Crippen LogP contribution in [-0.2, 0) is 4.74 Å². The van der Waals surface area contributed by atoms with E-state index in [-0.39, 0.29) is 17.8 Å². The Morgan fingerprint density at radius 2 is 1.81 bits per heavy atom. The molecule has 0 radical (unpaired) electrons. The number of nitro groups is 1. The van der Waals surface area contributed by atoms with Crippen molar-refractivity contribution < 1.29 is 19.9 Å². The summed E-state index contributed by atoms with van der Waals surface area (Å²) in [6, 6.07) is 0. The molecule has 2 bridgehead atoms. The van der Waals surface area contributed by atoms with Gasteiger partial charge in [-0.3, -0.25) is 15.0 Å². The van der Waals surface area contributed by atoms with Crippen LogP contribution in [0.2, 0.25) is 0 Å². The number of hydrogen-bond acceptors (Lipinski definition) is 6. The van der Waals surface area contributed by atoms with Gasteiger partial charge in [-0.2, -0.15) is 0 Å². The third-order valence-electron chi connectivity index (χ3n) is 4.49. The number of likely N-dealkylation sites (tertiary alicyclic amines) is 1. The summed E-state index contributed by atoms with van der Waals surface area (Å²) in [4.78, 5) is 12.0. The molecule has 1 aliphatic heterocycles. The zero-order valence-corrected chi connectivity index (χ0v) is 12.9. The lowest BCUT2D eigenvalue weighted by Crippen LogP contribution is -2.52. The van der Waals surface area contributed by atoms with Crippen molar-refractivity contribution in [3.05, 3.63) is 10.1 Å². The Labute approximate surface area is 125 Å². The molecule has 122 valence electrons. The molecule has 1 saturated heterocycles. The van der Waals surface area contributed by atoms with Gasteiger partial charge in [0.05, 0.1) is 5.60 Å². The van der Waals surface area contributed by atoms with Crippen LogP contribution in [0.4, 0.5) is 0 Å². The molecule has 2 rings (SSSR count). The molecule has 7 heteroatoms. The fraction of sp³-hybridized carbons (Fsp3) is 1.00. The monoisotopic (exact) mass is 302 g/mol. The van der Waals surface area contributed by atoms with Gasteiger partial charge in [-0.1, -0.05) is 0 Å². The van der Waals surface area contributed by atoms with E-state index in [4.69, 9.17) is 4.74 Å². The molecule has 5 atom stereocenters. The van der Waals surface area contributed by atoms with Crippen LogP contribution < -0.4 is 0 Å². The van der Waals surface area contributed by atoms with Gasteiger partial charge < -0.3 is 14.9 Å².